The van der Waals surface area contributed by atoms with Crippen molar-refractivity contribution < 1.29 is 14.3 Å². The first-order valence-corrected chi connectivity index (χ1v) is 7.89. The van der Waals surface area contributed by atoms with Gasteiger partial charge in [-0.05, 0) is 42.1 Å². The Balaban J connectivity index is 2.04. The lowest BCUT2D eigenvalue weighted by Crippen LogP contribution is -2.31. The van der Waals surface area contributed by atoms with Crippen LogP contribution in [0.4, 0.5) is 0 Å². The van der Waals surface area contributed by atoms with E-state index in [1.807, 2.05) is 17.5 Å². The molecule has 1 aromatic carbocycles. The van der Waals surface area contributed by atoms with Gasteiger partial charge in [0.2, 0.25) is 0 Å². The highest BCUT2D eigenvalue weighted by Crippen LogP contribution is 2.24. The molecular formula is C17H15NO4S. The number of carbonyl (C=O) groups is 1. The van der Waals surface area contributed by atoms with Crippen molar-refractivity contribution in [2.24, 2.45) is 0 Å². The van der Waals surface area contributed by atoms with Crippen LogP contribution in [0.1, 0.15) is 20.8 Å². The normalized spacial score (nSPS) is 10.9. The van der Waals surface area contributed by atoms with Crippen molar-refractivity contribution in [1.82, 2.24) is 4.90 Å². The summed E-state index contributed by atoms with van der Waals surface area (Å²) in [5.41, 5.74) is 0.198. The molecule has 1 amide bonds. The topological polar surface area (TPSA) is 70.8 Å². The van der Waals surface area contributed by atoms with E-state index in [0.29, 0.717) is 23.1 Å². The number of nitrogens with zero attached hydrogens (tertiary/aromatic N) is 1. The fourth-order valence-corrected chi connectivity index (χ4v) is 3.24. The summed E-state index contributed by atoms with van der Waals surface area (Å²) >= 11 is 1.55. The number of fused-ring (bicyclic) bond motifs is 1. The largest absolute Gasteiger partial charge is 0.508 e. The number of rotatable bonds is 3. The third kappa shape index (κ3) is 2.85. The molecule has 0 spiro atoms. The predicted molar refractivity (Wildman–Crippen MR) is 89.0 cm³/mol. The van der Waals surface area contributed by atoms with E-state index in [0.717, 1.165) is 4.88 Å². The number of aromatic hydroxyl groups is 1. The zero-order valence-electron chi connectivity index (χ0n) is 12.7. The van der Waals surface area contributed by atoms with Crippen molar-refractivity contribution in [3.8, 4) is 5.75 Å². The molecule has 0 aliphatic heterocycles. The van der Waals surface area contributed by atoms with E-state index in [9.17, 15) is 14.7 Å². The number of carbonyl (C=O) groups excluding carboxylic acids is 1. The Bertz CT molecular complexity index is 928. The number of phenols is 1. The Morgan fingerprint density at radius 2 is 2.13 bits per heavy atom. The van der Waals surface area contributed by atoms with Crippen molar-refractivity contribution >= 4 is 28.2 Å². The maximum Gasteiger partial charge on any atom is 0.349 e. The van der Waals surface area contributed by atoms with Crippen LogP contribution in [0.3, 0.4) is 0 Å². The molecule has 6 heteroatoms. The fourth-order valence-electron chi connectivity index (χ4n) is 2.49. The second-order valence-corrected chi connectivity index (χ2v) is 6.34. The van der Waals surface area contributed by atoms with E-state index < -0.39 is 11.5 Å². The molecular weight excluding hydrogens is 314 g/mol. The summed E-state index contributed by atoms with van der Waals surface area (Å²) in [7, 11) is 1.65. The zero-order valence-corrected chi connectivity index (χ0v) is 13.5. The number of thiophene rings is 1. The molecule has 2 aromatic heterocycles. The third-order valence-electron chi connectivity index (χ3n) is 3.68. The highest BCUT2D eigenvalue weighted by molar-refractivity contribution is 7.09. The van der Waals surface area contributed by atoms with Gasteiger partial charge >= 0.3 is 5.63 Å². The maximum absolute atomic E-state index is 12.6. The van der Waals surface area contributed by atoms with Crippen LogP contribution in [0, 0.1) is 6.92 Å². The second kappa shape index (κ2) is 5.89. The van der Waals surface area contributed by atoms with Crippen molar-refractivity contribution in [1.29, 1.82) is 0 Å². The lowest BCUT2D eigenvalue weighted by molar-refractivity contribution is 0.0781. The molecule has 0 saturated heterocycles. The van der Waals surface area contributed by atoms with E-state index in [2.05, 4.69) is 0 Å². The minimum Gasteiger partial charge on any atom is -0.508 e. The zero-order chi connectivity index (χ0) is 16.6. The van der Waals surface area contributed by atoms with Gasteiger partial charge in [0.05, 0.1) is 6.54 Å². The minimum atomic E-state index is -0.663. The Morgan fingerprint density at radius 1 is 1.35 bits per heavy atom. The van der Waals surface area contributed by atoms with E-state index in [1.54, 1.807) is 25.3 Å². The predicted octanol–water partition coefficient (Wildman–Crippen LogP) is 3.14. The molecule has 5 nitrogen and oxygen atoms in total. The number of benzene rings is 1. The number of amides is 1. The van der Waals surface area contributed by atoms with Crippen molar-refractivity contribution in [3.63, 3.8) is 0 Å². The standard InChI is InChI=1S/C17H15NO4S/c1-10-13-8-11(19)5-6-14(13)22-17(21)15(10)16(20)18(2)9-12-4-3-7-23-12/h3-8,19H,9H2,1-2H3. The van der Waals surface area contributed by atoms with Gasteiger partial charge in [0, 0.05) is 17.3 Å². The Kier molecular flexibility index (Phi) is 3.92. The summed E-state index contributed by atoms with van der Waals surface area (Å²) in [5, 5.41) is 12.1. The number of phenolic OH excluding ortho intramolecular Hbond substituents is 1. The number of aryl methyl sites for hydroxylation is 1. The molecule has 0 saturated carbocycles. The van der Waals surface area contributed by atoms with E-state index in [1.165, 1.54) is 23.1 Å². The summed E-state index contributed by atoms with van der Waals surface area (Å²) in [4.78, 5) is 27.4. The maximum atomic E-state index is 12.6. The van der Waals surface area contributed by atoms with Gasteiger partial charge in [-0.2, -0.15) is 0 Å². The molecule has 0 bridgehead atoms. The fraction of sp³-hybridized carbons (Fsp3) is 0.176. The molecule has 0 fully saturated rings. The van der Waals surface area contributed by atoms with E-state index in [-0.39, 0.29) is 11.3 Å². The second-order valence-electron chi connectivity index (χ2n) is 5.31. The molecule has 23 heavy (non-hydrogen) atoms. The molecule has 2 heterocycles. The van der Waals surface area contributed by atoms with Gasteiger partial charge in [0.15, 0.2) is 0 Å². The highest BCUT2D eigenvalue weighted by Gasteiger charge is 2.22. The van der Waals surface area contributed by atoms with Crippen LogP contribution in [0.5, 0.6) is 5.75 Å². The van der Waals surface area contributed by atoms with E-state index >= 15 is 0 Å². The number of hydrogen-bond donors (Lipinski definition) is 1. The van der Waals surface area contributed by atoms with Crippen molar-refractivity contribution in [3.05, 3.63) is 62.1 Å². The molecule has 0 unspecified atom stereocenters. The van der Waals surface area contributed by atoms with Gasteiger partial charge in [-0.3, -0.25) is 4.79 Å². The van der Waals surface area contributed by atoms with Gasteiger partial charge < -0.3 is 14.4 Å². The molecule has 1 N–H and O–H groups in total. The van der Waals surface area contributed by atoms with Gasteiger partial charge in [0.1, 0.15) is 16.9 Å². The van der Waals surface area contributed by atoms with E-state index in [4.69, 9.17) is 4.42 Å². The summed E-state index contributed by atoms with van der Waals surface area (Å²) in [6.45, 7) is 2.11. The van der Waals surface area contributed by atoms with Gasteiger partial charge in [-0.15, -0.1) is 11.3 Å². The van der Waals surface area contributed by atoms with Gasteiger partial charge in [0.25, 0.3) is 5.91 Å². The lowest BCUT2D eigenvalue weighted by atomic mass is 10.0. The van der Waals surface area contributed by atoms with Crippen LogP contribution in [0.15, 0.2) is 44.9 Å². The molecule has 3 rings (SSSR count). The first kappa shape index (κ1) is 15.3. The minimum absolute atomic E-state index is 0.00200. The lowest BCUT2D eigenvalue weighted by Gasteiger charge is -2.17. The highest BCUT2D eigenvalue weighted by atomic mass is 32.1. The average molecular weight is 329 g/mol. The van der Waals surface area contributed by atoms with Crippen LogP contribution in [-0.4, -0.2) is 23.0 Å². The summed E-state index contributed by atoms with van der Waals surface area (Å²) in [5.74, 6) is -0.338. The molecule has 0 radical (unpaired) electrons. The molecule has 0 aliphatic carbocycles. The quantitative estimate of drug-likeness (QED) is 0.749. The van der Waals surface area contributed by atoms with Crippen LogP contribution in [0.25, 0.3) is 11.0 Å². The van der Waals surface area contributed by atoms with Crippen LogP contribution < -0.4 is 5.63 Å². The average Bonchev–Trinajstić information content (AvgIpc) is 3.01. The van der Waals surface area contributed by atoms with Crippen LogP contribution in [-0.2, 0) is 6.54 Å². The first-order chi connectivity index (χ1) is 11.0. The van der Waals surface area contributed by atoms with Crippen molar-refractivity contribution in [2.45, 2.75) is 13.5 Å². The molecule has 0 aliphatic rings. The van der Waals surface area contributed by atoms with Crippen LogP contribution in [0.2, 0.25) is 0 Å². The van der Waals surface area contributed by atoms with Crippen LogP contribution >= 0.6 is 11.3 Å². The SMILES string of the molecule is Cc1c(C(=O)N(C)Cc2cccs2)c(=O)oc2ccc(O)cc12. The molecule has 3 aromatic rings. The first-order valence-electron chi connectivity index (χ1n) is 7.01. The Hall–Kier alpha value is -2.60. The summed E-state index contributed by atoms with van der Waals surface area (Å²) < 4.78 is 5.22. The van der Waals surface area contributed by atoms with Crippen molar-refractivity contribution in [2.75, 3.05) is 7.05 Å². The summed E-state index contributed by atoms with van der Waals surface area (Å²) in [6.07, 6.45) is 0. The molecule has 0 atom stereocenters. The third-order valence-corrected chi connectivity index (χ3v) is 4.54. The monoisotopic (exact) mass is 329 g/mol. The number of hydrogen-bond acceptors (Lipinski definition) is 5. The Labute approximate surface area is 136 Å². The Morgan fingerprint density at radius 3 is 2.83 bits per heavy atom. The summed E-state index contributed by atoms with van der Waals surface area (Å²) in [6, 6.07) is 8.29. The van der Waals surface area contributed by atoms with Gasteiger partial charge in [-0.25, -0.2) is 4.79 Å². The van der Waals surface area contributed by atoms with Gasteiger partial charge in [-0.1, -0.05) is 6.07 Å². The molecule has 118 valence electrons. The smallest absolute Gasteiger partial charge is 0.349 e.